The van der Waals surface area contributed by atoms with Crippen molar-refractivity contribution in [2.45, 2.75) is 37.9 Å². The Labute approximate surface area is 178 Å². The third-order valence-corrected chi connectivity index (χ3v) is 9.15. The average molecular weight is 371 g/mol. The molecule has 4 heteroatoms. The van der Waals surface area contributed by atoms with E-state index < -0.39 is 8.24 Å². The van der Waals surface area contributed by atoms with E-state index in [9.17, 15) is 0 Å². The van der Waals surface area contributed by atoms with Gasteiger partial charge in [0.15, 0.2) is 0 Å². The van der Waals surface area contributed by atoms with Crippen LogP contribution in [0.5, 0.6) is 0 Å². The summed E-state index contributed by atoms with van der Waals surface area (Å²) in [5.41, 5.74) is 6.49. The fourth-order valence-electron chi connectivity index (χ4n) is 4.45. The van der Waals surface area contributed by atoms with Crippen molar-refractivity contribution in [3.05, 3.63) is 77.4 Å². The molecule has 138 valence electrons. The number of nitrogens with one attached hydrogen (secondary N) is 1. The molecule has 0 amide bonds. The molecule has 1 unspecified atom stereocenters. The molecular weight excluding hydrogens is 339 g/mol. The normalized spacial score (nSPS) is 18.8. The van der Waals surface area contributed by atoms with Gasteiger partial charge in [-0.15, -0.1) is 0 Å². The van der Waals surface area contributed by atoms with Gasteiger partial charge in [-0.1, -0.05) is 73.8 Å². The summed E-state index contributed by atoms with van der Waals surface area (Å²) >= 11 is 0. The van der Waals surface area contributed by atoms with Crippen molar-refractivity contribution >= 4 is 13.9 Å². The predicted molar refractivity (Wildman–Crippen MR) is 115 cm³/mol. The van der Waals surface area contributed by atoms with Crippen LogP contribution in [0, 0.1) is 0 Å². The van der Waals surface area contributed by atoms with E-state index in [0.717, 1.165) is 13.0 Å². The first-order valence-electron chi connectivity index (χ1n) is 10.0. The summed E-state index contributed by atoms with van der Waals surface area (Å²) in [5.74, 6) is 0. The SMILES string of the molecule is C[Si](C)(NCCc1ccccc1)C1C=C(N2CCCC2)c2ccccc21.[H-].[Li+]. The molecular formula is C23H31LiN2Si. The molecule has 27 heavy (non-hydrogen) atoms. The van der Waals surface area contributed by atoms with E-state index in [1.807, 2.05) is 0 Å². The molecule has 1 aliphatic carbocycles. The van der Waals surface area contributed by atoms with Crippen molar-refractivity contribution in [3.8, 4) is 0 Å². The van der Waals surface area contributed by atoms with Crippen LogP contribution in [0.3, 0.4) is 0 Å². The summed E-state index contributed by atoms with van der Waals surface area (Å²) in [6.07, 6.45) is 6.35. The minimum atomic E-state index is -1.62. The van der Waals surface area contributed by atoms with Gasteiger partial charge in [-0.2, -0.15) is 0 Å². The van der Waals surface area contributed by atoms with Crippen LogP contribution in [0.4, 0.5) is 0 Å². The number of nitrogens with zero attached hydrogens (tertiary/aromatic N) is 1. The van der Waals surface area contributed by atoms with Crippen molar-refractivity contribution in [2.24, 2.45) is 0 Å². The van der Waals surface area contributed by atoms with Crippen LogP contribution in [0.25, 0.3) is 5.70 Å². The van der Waals surface area contributed by atoms with E-state index in [1.54, 1.807) is 5.56 Å². The van der Waals surface area contributed by atoms with Gasteiger partial charge in [-0.25, -0.2) is 0 Å². The van der Waals surface area contributed by atoms with Crippen molar-refractivity contribution in [2.75, 3.05) is 19.6 Å². The number of fused-ring (bicyclic) bond motifs is 1. The molecule has 4 rings (SSSR count). The number of allylic oxidation sites excluding steroid dienone is 1. The van der Waals surface area contributed by atoms with Gasteiger partial charge in [-0.3, -0.25) is 0 Å². The Bertz CT molecular complexity index is 788. The topological polar surface area (TPSA) is 15.3 Å². The van der Waals surface area contributed by atoms with Crippen molar-refractivity contribution in [3.63, 3.8) is 0 Å². The van der Waals surface area contributed by atoms with E-state index in [0.29, 0.717) is 5.54 Å². The van der Waals surface area contributed by atoms with Crippen LogP contribution >= 0.6 is 0 Å². The molecule has 1 N–H and O–H groups in total. The van der Waals surface area contributed by atoms with Gasteiger partial charge in [0.1, 0.15) is 8.24 Å². The van der Waals surface area contributed by atoms with E-state index in [1.165, 1.54) is 42.8 Å². The third kappa shape index (κ3) is 4.44. The van der Waals surface area contributed by atoms with Crippen molar-refractivity contribution in [1.29, 1.82) is 0 Å². The first-order chi connectivity index (χ1) is 12.6. The van der Waals surface area contributed by atoms with Crippen molar-refractivity contribution < 1.29 is 20.3 Å². The zero-order valence-electron chi connectivity index (χ0n) is 18.0. The molecule has 0 aromatic heterocycles. The summed E-state index contributed by atoms with van der Waals surface area (Å²) in [6.45, 7) is 8.48. The Hall–Kier alpha value is -1.25. The third-order valence-electron chi connectivity index (χ3n) is 5.96. The zero-order chi connectivity index (χ0) is 18.0. The maximum absolute atomic E-state index is 3.98. The Morgan fingerprint density at radius 3 is 2.41 bits per heavy atom. The second-order valence-electron chi connectivity index (χ2n) is 8.20. The molecule has 2 aromatic carbocycles. The van der Waals surface area contributed by atoms with Gasteiger partial charge in [0, 0.05) is 29.9 Å². The summed E-state index contributed by atoms with van der Waals surface area (Å²) in [5, 5.41) is 0. The Balaban J connectivity index is 0.00000140. The number of benzene rings is 2. The standard InChI is InChI=1S/C23H30N2Si.Li.H/c1-26(2,24-15-14-19-10-4-3-5-11-19)23-18-22(25-16-8-9-17-25)20-12-6-7-13-21(20)23;;/h3-7,10-13,18,23-24H,8-9,14-17H2,1-2H3;;/q;+1;-1. The monoisotopic (exact) mass is 370 g/mol. The molecule has 1 saturated heterocycles. The fourth-order valence-corrected chi connectivity index (χ4v) is 7.05. The molecule has 0 saturated carbocycles. The molecule has 0 bridgehead atoms. The fraction of sp³-hybridized carbons (Fsp3) is 0.391. The molecule has 1 fully saturated rings. The van der Waals surface area contributed by atoms with E-state index in [4.69, 9.17) is 0 Å². The van der Waals surface area contributed by atoms with E-state index in [2.05, 4.69) is 83.6 Å². The van der Waals surface area contributed by atoms with Crippen LogP contribution in [-0.2, 0) is 6.42 Å². The van der Waals surface area contributed by atoms with Gasteiger partial charge < -0.3 is 11.3 Å². The Kier molecular flexibility index (Phi) is 6.71. The predicted octanol–water partition coefficient (Wildman–Crippen LogP) is 1.91. The molecule has 1 aliphatic heterocycles. The van der Waals surface area contributed by atoms with E-state index >= 15 is 0 Å². The largest absolute Gasteiger partial charge is 1.00 e. The van der Waals surface area contributed by atoms with Gasteiger partial charge in [0.2, 0.25) is 0 Å². The van der Waals surface area contributed by atoms with Gasteiger partial charge in [0.25, 0.3) is 0 Å². The minimum Gasteiger partial charge on any atom is -1.00 e. The number of hydrogen-bond donors (Lipinski definition) is 1. The van der Waals surface area contributed by atoms with Crippen molar-refractivity contribution in [1.82, 2.24) is 9.88 Å². The van der Waals surface area contributed by atoms with Gasteiger partial charge in [-0.05, 0) is 36.9 Å². The van der Waals surface area contributed by atoms with Gasteiger partial charge in [0.05, 0.1) is 0 Å². The van der Waals surface area contributed by atoms with Crippen LogP contribution in [-0.4, -0.2) is 32.8 Å². The van der Waals surface area contributed by atoms with Crippen LogP contribution in [0.1, 0.15) is 36.5 Å². The first kappa shape index (κ1) is 20.5. The number of rotatable bonds is 6. The Morgan fingerprint density at radius 2 is 1.67 bits per heavy atom. The maximum Gasteiger partial charge on any atom is 1.00 e. The average Bonchev–Trinajstić information content (AvgIpc) is 3.30. The van der Waals surface area contributed by atoms with Gasteiger partial charge >= 0.3 is 18.9 Å². The second kappa shape index (κ2) is 8.84. The number of likely N-dealkylation sites (tertiary alicyclic amines) is 1. The molecule has 0 spiro atoms. The molecule has 2 aliphatic rings. The number of hydrogen-bond acceptors (Lipinski definition) is 2. The van der Waals surface area contributed by atoms with Crippen LogP contribution < -0.4 is 23.8 Å². The quantitative estimate of drug-likeness (QED) is 0.782. The molecule has 2 aromatic rings. The summed E-state index contributed by atoms with van der Waals surface area (Å²) in [7, 11) is -1.62. The second-order valence-corrected chi connectivity index (χ2v) is 12.6. The maximum atomic E-state index is 3.98. The summed E-state index contributed by atoms with van der Waals surface area (Å²) in [6, 6.07) is 19.9. The molecule has 2 nitrogen and oxygen atoms in total. The van der Waals surface area contributed by atoms with Crippen LogP contribution in [0.15, 0.2) is 60.7 Å². The van der Waals surface area contributed by atoms with Crippen LogP contribution in [0.2, 0.25) is 13.1 Å². The first-order valence-corrected chi connectivity index (χ1v) is 13.1. The Morgan fingerprint density at radius 1 is 1.00 bits per heavy atom. The zero-order valence-corrected chi connectivity index (χ0v) is 18.0. The summed E-state index contributed by atoms with van der Waals surface area (Å²) < 4.78 is 0. The minimum absolute atomic E-state index is 0. The molecule has 1 atom stereocenters. The summed E-state index contributed by atoms with van der Waals surface area (Å²) in [4.78, 5) is 6.58. The molecule has 1 heterocycles. The smallest absolute Gasteiger partial charge is 1.00 e. The van der Waals surface area contributed by atoms with E-state index in [-0.39, 0.29) is 20.3 Å². The molecule has 0 radical (unpaired) electrons.